The Morgan fingerprint density at radius 1 is 1.29 bits per heavy atom. The second-order valence-corrected chi connectivity index (χ2v) is 4.13. The summed E-state index contributed by atoms with van der Waals surface area (Å²) in [6, 6.07) is 3.34. The Morgan fingerprint density at radius 3 is 2.35 bits per heavy atom. The van der Waals surface area contributed by atoms with Crippen molar-refractivity contribution in [3.63, 3.8) is 0 Å². The van der Waals surface area contributed by atoms with Gasteiger partial charge < -0.3 is 15.2 Å². The maximum absolute atomic E-state index is 12.0. The van der Waals surface area contributed by atoms with Crippen molar-refractivity contribution in [2.24, 2.45) is 5.73 Å². The van der Waals surface area contributed by atoms with Crippen LogP contribution in [0.15, 0.2) is 12.1 Å². The number of carbonyl (C=O) groups is 1. The second-order valence-electron chi connectivity index (χ2n) is 4.13. The van der Waals surface area contributed by atoms with Crippen molar-refractivity contribution in [1.82, 2.24) is 0 Å². The van der Waals surface area contributed by atoms with Crippen molar-refractivity contribution in [3.8, 4) is 11.5 Å². The van der Waals surface area contributed by atoms with E-state index in [1.807, 2.05) is 6.92 Å². The van der Waals surface area contributed by atoms with Crippen LogP contribution in [0.3, 0.4) is 0 Å². The molecular formula is C13H19NO3. The minimum Gasteiger partial charge on any atom is -0.496 e. The summed E-state index contributed by atoms with van der Waals surface area (Å²) in [5, 5.41) is 0. The van der Waals surface area contributed by atoms with Crippen molar-refractivity contribution in [2.75, 3.05) is 14.2 Å². The van der Waals surface area contributed by atoms with Gasteiger partial charge >= 0.3 is 0 Å². The molecule has 0 bridgehead atoms. The quantitative estimate of drug-likeness (QED) is 0.795. The summed E-state index contributed by atoms with van der Waals surface area (Å²) in [4.78, 5) is 12.0. The lowest BCUT2D eigenvalue weighted by Crippen LogP contribution is -2.20. The molecule has 0 saturated carbocycles. The van der Waals surface area contributed by atoms with Crippen LogP contribution in [0.5, 0.6) is 11.5 Å². The highest BCUT2D eigenvalue weighted by Crippen LogP contribution is 2.29. The molecule has 1 aromatic rings. The Balaban J connectivity index is 3.16. The van der Waals surface area contributed by atoms with Gasteiger partial charge in [-0.1, -0.05) is 0 Å². The predicted molar refractivity (Wildman–Crippen MR) is 66.9 cm³/mol. The average Bonchev–Trinajstić information content (AvgIpc) is 2.27. The van der Waals surface area contributed by atoms with Crippen molar-refractivity contribution in [3.05, 3.63) is 23.3 Å². The zero-order valence-corrected chi connectivity index (χ0v) is 10.7. The number of ketones is 1. The molecule has 2 N–H and O–H groups in total. The molecule has 0 heterocycles. The fraction of sp³-hybridized carbons (Fsp3) is 0.462. The highest BCUT2D eigenvalue weighted by molar-refractivity contribution is 5.99. The number of carbonyl (C=O) groups excluding carboxylic acids is 1. The number of aryl methyl sites for hydroxylation is 1. The molecule has 0 amide bonds. The van der Waals surface area contributed by atoms with Gasteiger partial charge in [-0.15, -0.1) is 0 Å². The topological polar surface area (TPSA) is 61.5 Å². The Labute approximate surface area is 102 Å². The van der Waals surface area contributed by atoms with Crippen molar-refractivity contribution in [1.29, 1.82) is 0 Å². The maximum Gasteiger partial charge on any atom is 0.168 e. The zero-order valence-electron chi connectivity index (χ0n) is 10.7. The number of hydrogen-bond acceptors (Lipinski definition) is 4. The van der Waals surface area contributed by atoms with Crippen LogP contribution in [0.4, 0.5) is 0 Å². The van der Waals surface area contributed by atoms with E-state index in [2.05, 4.69) is 0 Å². The minimum absolute atomic E-state index is 0.0323. The zero-order chi connectivity index (χ0) is 13.0. The highest BCUT2D eigenvalue weighted by atomic mass is 16.5. The van der Waals surface area contributed by atoms with Crippen LogP contribution in [-0.2, 0) is 0 Å². The summed E-state index contributed by atoms with van der Waals surface area (Å²) in [6.07, 6.45) is 0.294. The lowest BCUT2D eigenvalue weighted by molar-refractivity contribution is 0.0973. The van der Waals surface area contributed by atoms with E-state index in [9.17, 15) is 4.79 Å². The van der Waals surface area contributed by atoms with Gasteiger partial charge in [0.1, 0.15) is 11.5 Å². The number of Topliss-reactive ketones (excluding diaryl/α,β-unsaturated/α-hetero) is 1. The van der Waals surface area contributed by atoms with Crippen molar-refractivity contribution in [2.45, 2.75) is 26.3 Å². The molecule has 1 unspecified atom stereocenters. The average molecular weight is 237 g/mol. The van der Waals surface area contributed by atoms with E-state index >= 15 is 0 Å². The molecule has 0 aromatic heterocycles. The standard InChI is InChI=1S/C13H19NO3/c1-8-5-13(17-4)10(7-12(8)16-3)11(15)6-9(2)14/h5,7,9H,6,14H2,1-4H3. The van der Waals surface area contributed by atoms with Crippen LogP contribution < -0.4 is 15.2 Å². The molecule has 4 nitrogen and oxygen atoms in total. The Hall–Kier alpha value is -1.55. The highest BCUT2D eigenvalue weighted by Gasteiger charge is 2.16. The molecule has 0 radical (unpaired) electrons. The van der Waals surface area contributed by atoms with E-state index in [0.29, 0.717) is 23.5 Å². The molecule has 0 aliphatic heterocycles. The lowest BCUT2D eigenvalue weighted by Gasteiger charge is -2.13. The summed E-state index contributed by atoms with van der Waals surface area (Å²) in [6.45, 7) is 3.71. The summed E-state index contributed by atoms with van der Waals surface area (Å²) >= 11 is 0. The monoisotopic (exact) mass is 237 g/mol. The van der Waals surface area contributed by atoms with Crippen LogP contribution in [-0.4, -0.2) is 26.0 Å². The van der Waals surface area contributed by atoms with Gasteiger partial charge in [-0.2, -0.15) is 0 Å². The van der Waals surface area contributed by atoms with Gasteiger partial charge in [0.2, 0.25) is 0 Å². The third kappa shape index (κ3) is 3.20. The van der Waals surface area contributed by atoms with Crippen molar-refractivity contribution < 1.29 is 14.3 Å². The molecular weight excluding hydrogens is 218 g/mol. The fourth-order valence-corrected chi connectivity index (χ4v) is 1.67. The molecule has 0 aliphatic rings. The lowest BCUT2D eigenvalue weighted by atomic mass is 10.0. The molecule has 0 aliphatic carbocycles. The Bertz CT molecular complexity index is 413. The smallest absolute Gasteiger partial charge is 0.168 e. The molecule has 17 heavy (non-hydrogen) atoms. The molecule has 4 heteroatoms. The molecule has 1 aromatic carbocycles. The Kier molecular flexibility index (Phi) is 4.52. The SMILES string of the molecule is COc1cc(C(=O)CC(C)N)c(OC)cc1C. The molecule has 0 spiro atoms. The minimum atomic E-state index is -0.167. The summed E-state index contributed by atoms with van der Waals surface area (Å²) in [5.74, 6) is 1.21. The number of nitrogens with two attached hydrogens (primary N) is 1. The van der Waals surface area contributed by atoms with Crippen LogP contribution in [0.2, 0.25) is 0 Å². The molecule has 1 atom stereocenters. The first-order chi connectivity index (χ1) is 7.99. The number of hydrogen-bond donors (Lipinski definition) is 1. The van der Waals surface area contributed by atoms with Gasteiger partial charge in [0.05, 0.1) is 19.8 Å². The second kappa shape index (κ2) is 5.68. The number of ether oxygens (including phenoxy) is 2. The largest absolute Gasteiger partial charge is 0.496 e. The van der Waals surface area contributed by atoms with E-state index in [1.54, 1.807) is 33.3 Å². The van der Waals surface area contributed by atoms with E-state index in [4.69, 9.17) is 15.2 Å². The summed E-state index contributed by atoms with van der Waals surface area (Å²) in [5.41, 5.74) is 7.08. The van der Waals surface area contributed by atoms with Gasteiger partial charge in [0.15, 0.2) is 5.78 Å². The van der Waals surface area contributed by atoms with Gasteiger partial charge in [-0.05, 0) is 31.5 Å². The van der Waals surface area contributed by atoms with Crippen LogP contribution in [0, 0.1) is 6.92 Å². The van der Waals surface area contributed by atoms with Crippen LogP contribution in [0.1, 0.15) is 29.3 Å². The van der Waals surface area contributed by atoms with E-state index < -0.39 is 0 Å². The van der Waals surface area contributed by atoms with Crippen LogP contribution in [0.25, 0.3) is 0 Å². The number of rotatable bonds is 5. The molecule has 0 saturated heterocycles. The fourth-order valence-electron chi connectivity index (χ4n) is 1.67. The summed E-state index contributed by atoms with van der Waals surface area (Å²) < 4.78 is 10.4. The molecule has 94 valence electrons. The van der Waals surface area contributed by atoms with Gasteiger partial charge in [0, 0.05) is 12.5 Å². The first kappa shape index (κ1) is 13.5. The predicted octanol–water partition coefficient (Wildman–Crippen LogP) is 1.93. The summed E-state index contributed by atoms with van der Waals surface area (Å²) in [7, 11) is 3.12. The van der Waals surface area contributed by atoms with E-state index in [1.165, 1.54) is 0 Å². The first-order valence-electron chi connectivity index (χ1n) is 5.51. The van der Waals surface area contributed by atoms with E-state index in [0.717, 1.165) is 5.56 Å². The van der Waals surface area contributed by atoms with Crippen LogP contribution >= 0.6 is 0 Å². The molecule has 1 rings (SSSR count). The first-order valence-corrected chi connectivity index (χ1v) is 5.51. The maximum atomic E-state index is 12.0. The Morgan fingerprint density at radius 2 is 1.88 bits per heavy atom. The third-order valence-corrected chi connectivity index (χ3v) is 2.52. The normalized spacial score (nSPS) is 12.1. The van der Waals surface area contributed by atoms with Gasteiger partial charge in [-0.25, -0.2) is 0 Å². The van der Waals surface area contributed by atoms with E-state index in [-0.39, 0.29) is 11.8 Å². The third-order valence-electron chi connectivity index (χ3n) is 2.52. The number of methoxy groups -OCH3 is 2. The molecule has 0 fully saturated rings. The van der Waals surface area contributed by atoms with Gasteiger partial charge in [-0.3, -0.25) is 4.79 Å². The number of benzene rings is 1. The van der Waals surface area contributed by atoms with Gasteiger partial charge in [0.25, 0.3) is 0 Å². The van der Waals surface area contributed by atoms with Crippen molar-refractivity contribution >= 4 is 5.78 Å².